The minimum Gasteiger partial charge on any atom is -0.459 e. The number of aromatic nitrogens is 3. The number of furan rings is 1. The van der Waals surface area contributed by atoms with Crippen molar-refractivity contribution in [2.45, 2.75) is 13.5 Å². The van der Waals surface area contributed by atoms with Gasteiger partial charge in [0.25, 0.3) is 11.8 Å². The number of benzene rings is 1. The van der Waals surface area contributed by atoms with Crippen molar-refractivity contribution in [1.29, 1.82) is 0 Å². The lowest BCUT2D eigenvalue weighted by molar-refractivity contribution is 0.0951. The zero-order valence-corrected chi connectivity index (χ0v) is 19.3. The van der Waals surface area contributed by atoms with Gasteiger partial charge in [-0.1, -0.05) is 18.2 Å². The molecule has 1 aromatic carbocycles. The van der Waals surface area contributed by atoms with Gasteiger partial charge in [-0.3, -0.25) is 14.3 Å². The number of rotatable bonds is 6. The lowest BCUT2D eigenvalue weighted by atomic mass is 10.1. The van der Waals surface area contributed by atoms with Gasteiger partial charge in [-0.2, -0.15) is 5.10 Å². The molecule has 0 bridgehead atoms. The molecule has 8 nitrogen and oxygen atoms in total. The zero-order chi connectivity index (χ0) is 23.7. The molecule has 0 radical (unpaired) electrons. The first-order valence-corrected chi connectivity index (χ1v) is 11.5. The second kappa shape index (κ2) is 8.95. The van der Waals surface area contributed by atoms with Crippen LogP contribution in [0.3, 0.4) is 0 Å². The largest absolute Gasteiger partial charge is 0.459 e. The Balaban J connectivity index is 1.38. The average molecular weight is 472 g/mol. The van der Waals surface area contributed by atoms with Crippen molar-refractivity contribution in [2.75, 3.05) is 5.32 Å². The molecule has 5 rings (SSSR count). The van der Waals surface area contributed by atoms with Crippen molar-refractivity contribution in [2.24, 2.45) is 7.05 Å². The topological polar surface area (TPSA) is 102 Å². The van der Waals surface area contributed by atoms with Crippen LogP contribution in [0.15, 0.2) is 70.7 Å². The van der Waals surface area contributed by atoms with Crippen molar-refractivity contribution >= 4 is 39.9 Å². The van der Waals surface area contributed by atoms with Gasteiger partial charge in [-0.25, -0.2) is 4.98 Å². The molecule has 0 saturated carbocycles. The number of hydrogen-bond acceptors (Lipinski definition) is 6. The van der Waals surface area contributed by atoms with E-state index in [1.807, 2.05) is 55.7 Å². The lowest BCUT2D eigenvalue weighted by Gasteiger charge is -2.10. The summed E-state index contributed by atoms with van der Waals surface area (Å²) in [4.78, 5) is 31.2. The van der Waals surface area contributed by atoms with Crippen molar-refractivity contribution in [1.82, 2.24) is 20.1 Å². The van der Waals surface area contributed by atoms with Gasteiger partial charge < -0.3 is 15.1 Å². The van der Waals surface area contributed by atoms with Crippen molar-refractivity contribution < 1.29 is 14.0 Å². The van der Waals surface area contributed by atoms with E-state index in [0.29, 0.717) is 23.4 Å². The predicted octanol–water partition coefficient (Wildman–Crippen LogP) is 4.78. The summed E-state index contributed by atoms with van der Waals surface area (Å²) in [6.07, 6.45) is 1.45. The predicted molar refractivity (Wildman–Crippen MR) is 131 cm³/mol. The van der Waals surface area contributed by atoms with Crippen LogP contribution in [-0.4, -0.2) is 26.6 Å². The van der Waals surface area contributed by atoms with E-state index in [2.05, 4.69) is 15.7 Å². The number of nitrogens with one attached hydrogen (secondary N) is 2. The van der Waals surface area contributed by atoms with Gasteiger partial charge in [0.15, 0.2) is 11.4 Å². The first-order chi connectivity index (χ1) is 16.5. The molecule has 0 aliphatic heterocycles. The maximum atomic E-state index is 13.3. The summed E-state index contributed by atoms with van der Waals surface area (Å²) in [7, 11) is 1.82. The maximum Gasteiger partial charge on any atom is 0.291 e. The minimum atomic E-state index is -0.335. The highest BCUT2D eigenvalue weighted by molar-refractivity contribution is 7.13. The molecule has 0 spiro atoms. The van der Waals surface area contributed by atoms with Gasteiger partial charge in [0.05, 0.1) is 33.5 Å². The average Bonchev–Trinajstić information content (AvgIpc) is 3.60. The number of aryl methyl sites for hydroxylation is 2. The van der Waals surface area contributed by atoms with Crippen LogP contribution in [0, 0.1) is 6.92 Å². The van der Waals surface area contributed by atoms with Crippen molar-refractivity contribution in [3.63, 3.8) is 0 Å². The number of carbonyl (C=O) groups excluding carboxylic acids is 2. The molecule has 9 heteroatoms. The van der Waals surface area contributed by atoms with Gasteiger partial charge in [0.1, 0.15) is 0 Å². The van der Waals surface area contributed by atoms with E-state index < -0.39 is 0 Å². The summed E-state index contributed by atoms with van der Waals surface area (Å²) in [6, 6.07) is 16.3. The fraction of sp³-hybridized carbons (Fsp3) is 0.120. The zero-order valence-electron chi connectivity index (χ0n) is 18.5. The molecular formula is C25H21N5O3S. The molecule has 0 unspecified atom stereocenters. The second-order valence-corrected chi connectivity index (χ2v) is 8.70. The molecule has 0 aliphatic carbocycles. The summed E-state index contributed by atoms with van der Waals surface area (Å²) in [5.74, 6) is -0.321. The Kier molecular flexibility index (Phi) is 5.69. The summed E-state index contributed by atoms with van der Waals surface area (Å²) in [5.41, 5.74) is 4.13. The number of amides is 2. The van der Waals surface area contributed by atoms with E-state index >= 15 is 0 Å². The quantitative estimate of drug-likeness (QED) is 0.371. The Hall–Kier alpha value is -4.24. The van der Waals surface area contributed by atoms with E-state index in [0.717, 1.165) is 27.2 Å². The molecule has 5 aromatic rings. The molecule has 0 fully saturated rings. The van der Waals surface area contributed by atoms with Crippen LogP contribution >= 0.6 is 11.3 Å². The summed E-state index contributed by atoms with van der Waals surface area (Å²) in [6.45, 7) is 2.16. The van der Waals surface area contributed by atoms with Crippen LogP contribution in [-0.2, 0) is 13.6 Å². The molecule has 4 aromatic heterocycles. The number of nitrogens with zero attached hydrogens (tertiary/aromatic N) is 3. The third kappa shape index (κ3) is 4.20. The van der Waals surface area contributed by atoms with Crippen molar-refractivity contribution in [3.05, 3.63) is 88.8 Å². The number of anilines is 1. The third-order valence-corrected chi connectivity index (χ3v) is 6.26. The Morgan fingerprint density at radius 3 is 2.74 bits per heavy atom. The number of fused-ring (bicyclic) bond motifs is 1. The lowest BCUT2D eigenvalue weighted by Crippen LogP contribution is -2.23. The summed E-state index contributed by atoms with van der Waals surface area (Å²) < 4.78 is 6.83. The SMILES string of the molecule is Cc1nn(C)c2nc(-c3cccs3)cc(C(=O)NCc3cccc(NC(=O)c4ccco4)c3)c12. The van der Waals surface area contributed by atoms with Gasteiger partial charge in [0.2, 0.25) is 0 Å². The number of hydrogen-bond donors (Lipinski definition) is 2. The molecule has 0 saturated heterocycles. The van der Waals surface area contributed by atoms with Crippen LogP contribution in [0.4, 0.5) is 5.69 Å². The first-order valence-electron chi connectivity index (χ1n) is 10.6. The monoisotopic (exact) mass is 471 g/mol. The van der Waals surface area contributed by atoms with E-state index in [1.165, 1.54) is 6.26 Å². The highest BCUT2D eigenvalue weighted by atomic mass is 32.1. The molecule has 2 amide bonds. The van der Waals surface area contributed by atoms with Crippen LogP contribution in [0.25, 0.3) is 21.6 Å². The first kappa shape index (κ1) is 21.6. The van der Waals surface area contributed by atoms with E-state index in [9.17, 15) is 9.59 Å². The smallest absolute Gasteiger partial charge is 0.291 e. The Labute approximate surface area is 199 Å². The van der Waals surface area contributed by atoms with Crippen molar-refractivity contribution in [3.8, 4) is 10.6 Å². The highest BCUT2D eigenvalue weighted by Gasteiger charge is 2.19. The molecule has 2 N–H and O–H groups in total. The van der Waals surface area contributed by atoms with Crippen LogP contribution in [0.2, 0.25) is 0 Å². The van der Waals surface area contributed by atoms with Crippen LogP contribution in [0.1, 0.15) is 32.2 Å². The molecule has 170 valence electrons. The normalized spacial score (nSPS) is 11.0. The fourth-order valence-corrected chi connectivity index (χ4v) is 4.50. The molecular weight excluding hydrogens is 450 g/mol. The highest BCUT2D eigenvalue weighted by Crippen LogP contribution is 2.29. The van der Waals surface area contributed by atoms with E-state index in [4.69, 9.17) is 9.40 Å². The standard InChI is InChI=1S/C25H21N5O3S/c1-15-22-18(13-19(21-9-5-11-34-21)28-23(22)30(2)29-15)24(31)26-14-16-6-3-7-17(12-16)27-25(32)20-8-4-10-33-20/h3-13H,14H2,1-2H3,(H,26,31)(H,27,32). The van der Waals surface area contributed by atoms with Gasteiger partial charge in [0, 0.05) is 19.3 Å². The molecule has 34 heavy (non-hydrogen) atoms. The third-order valence-electron chi connectivity index (χ3n) is 5.37. The number of thiophene rings is 1. The van der Waals surface area contributed by atoms with Gasteiger partial charge in [-0.05, 0) is 54.3 Å². The Bertz CT molecular complexity index is 1490. The van der Waals surface area contributed by atoms with E-state index in [-0.39, 0.29) is 17.6 Å². The fourth-order valence-electron chi connectivity index (χ4n) is 3.81. The van der Waals surface area contributed by atoms with Crippen LogP contribution < -0.4 is 10.6 Å². The van der Waals surface area contributed by atoms with Gasteiger partial charge in [-0.15, -0.1) is 11.3 Å². The summed E-state index contributed by atoms with van der Waals surface area (Å²) >= 11 is 1.57. The Morgan fingerprint density at radius 2 is 1.97 bits per heavy atom. The minimum absolute atomic E-state index is 0.216. The molecule has 0 atom stereocenters. The Morgan fingerprint density at radius 1 is 1.09 bits per heavy atom. The number of pyridine rings is 1. The summed E-state index contributed by atoms with van der Waals surface area (Å²) in [5, 5.41) is 13.0. The second-order valence-electron chi connectivity index (χ2n) is 7.75. The van der Waals surface area contributed by atoms with Gasteiger partial charge >= 0.3 is 0 Å². The van der Waals surface area contributed by atoms with E-state index in [1.54, 1.807) is 34.2 Å². The maximum absolute atomic E-state index is 13.3. The van der Waals surface area contributed by atoms with Crippen LogP contribution in [0.5, 0.6) is 0 Å². The molecule has 0 aliphatic rings. The number of carbonyl (C=O) groups is 2. The molecule has 4 heterocycles.